The molecule has 4 heterocycles. The van der Waals surface area contributed by atoms with Gasteiger partial charge in [-0.15, -0.1) is 11.3 Å². The van der Waals surface area contributed by atoms with Crippen molar-refractivity contribution in [3.63, 3.8) is 0 Å². The fourth-order valence-corrected chi connectivity index (χ4v) is 5.58. The summed E-state index contributed by atoms with van der Waals surface area (Å²) < 4.78 is 4.83. The van der Waals surface area contributed by atoms with Crippen molar-refractivity contribution in [3.8, 4) is 11.1 Å². The molecule has 0 bridgehead atoms. The molecule has 140 valence electrons. The number of aromatic nitrogens is 3. The van der Waals surface area contributed by atoms with E-state index >= 15 is 0 Å². The largest absolute Gasteiger partial charge is 0.297 e. The Hall–Kier alpha value is -3.76. The van der Waals surface area contributed by atoms with Crippen molar-refractivity contribution in [3.05, 3.63) is 91.4 Å². The Morgan fingerprint density at radius 3 is 2.47 bits per heavy atom. The number of hydrogen-bond acceptors (Lipinski definition) is 3. The third-order valence-corrected chi connectivity index (χ3v) is 7.05. The van der Waals surface area contributed by atoms with Crippen molar-refractivity contribution in [2.45, 2.75) is 0 Å². The maximum absolute atomic E-state index is 4.89. The van der Waals surface area contributed by atoms with Gasteiger partial charge in [-0.25, -0.2) is 4.98 Å². The van der Waals surface area contributed by atoms with E-state index in [1.807, 2.05) is 23.6 Å². The van der Waals surface area contributed by atoms with Crippen molar-refractivity contribution in [2.24, 2.45) is 0 Å². The molecule has 0 amide bonds. The average Bonchev–Trinajstić information content (AvgIpc) is 3.36. The van der Waals surface area contributed by atoms with E-state index < -0.39 is 0 Å². The van der Waals surface area contributed by atoms with Gasteiger partial charge in [0.25, 0.3) is 0 Å². The molecule has 0 radical (unpaired) electrons. The van der Waals surface area contributed by atoms with Crippen LogP contribution < -0.4 is 0 Å². The smallest absolute Gasteiger partial charge is 0.145 e. The Morgan fingerprint density at radius 1 is 0.733 bits per heavy atom. The number of rotatable bonds is 1. The fraction of sp³-hybridized carbons (Fsp3) is 0. The number of benzene rings is 3. The highest BCUT2D eigenvalue weighted by Crippen LogP contribution is 2.38. The van der Waals surface area contributed by atoms with E-state index in [4.69, 9.17) is 4.98 Å². The minimum atomic E-state index is 0.964. The molecule has 0 N–H and O–H groups in total. The van der Waals surface area contributed by atoms with Crippen molar-refractivity contribution in [2.75, 3.05) is 0 Å². The van der Waals surface area contributed by atoms with E-state index in [-0.39, 0.29) is 0 Å². The first-order valence-corrected chi connectivity index (χ1v) is 10.7. The van der Waals surface area contributed by atoms with Crippen LogP contribution in [0.25, 0.3) is 58.8 Å². The molecule has 0 fully saturated rings. The molecular formula is C26H15N3S. The van der Waals surface area contributed by atoms with Gasteiger partial charge in [-0.2, -0.15) is 0 Å². The minimum Gasteiger partial charge on any atom is -0.297 e. The van der Waals surface area contributed by atoms with Crippen molar-refractivity contribution >= 4 is 59.0 Å². The van der Waals surface area contributed by atoms with Crippen molar-refractivity contribution < 1.29 is 0 Å². The molecule has 0 aliphatic carbocycles. The van der Waals surface area contributed by atoms with Gasteiger partial charge >= 0.3 is 0 Å². The third-order valence-electron chi connectivity index (χ3n) is 5.90. The maximum Gasteiger partial charge on any atom is 0.145 e. The molecule has 0 aliphatic heterocycles. The lowest BCUT2D eigenvalue weighted by molar-refractivity contribution is 1.23. The van der Waals surface area contributed by atoms with Crippen LogP contribution in [0.3, 0.4) is 0 Å². The Labute approximate surface area is 175 Å². The lowest BCUT2D eigenvalue weighted by Crippen LogP contribution is -1.91. The van der Waals surface area contributed by atoms with Crippen LogP contribution in [0.1, 0.15) is 0 Å². The quantitative estimate of drug-likeness (QED) is 0.294. The average molecular weight is 401 g/mol. The summed E-state index contributed by atoms with van der Waals surface area (Å²) in [4.78, 5) is 9.21. The predicted molar refractivity (Wildman–Crippen MR) is 126 cm³/mol. The van der Waals surface area contributed by atoms with Gasteiger partial charge in [0.1, 0.15) is 5.65 Å². The second-order valence-corrected chi connectivity index (χ2v) is 8.65. The molecule has 3 aromatic carbocycles. The van der Waals surface area contributed by atoms with Crippen molar-refractivity contribution in [1.82, 2.24) is 14.4 Å². The number of nitrogens with zero attached hydrogens (tertiary/aromatic N) is 3. The first-order chi connectivity index (χ1) is 14.9. The molecule has 0 unspecified atom stereocenters. The van der Waals surface area contributed by atoms with E-state index in [2.05, 4.69) is 82.3 Å². The molecule has 0 spiro atoms. The summed E-state index contributed by atoms with van der Waals surface area (Å²) in [7, 11) is 0. The molecule has 4 heteroatoms. The second kappa shape index (κ2) is 5.88. The highest BCUT2D eigenvalue weighted by molar-refractivity contribution is 7.25. The molecule has 3 nitrogen and oxygen atoms in total. The van der Waals surface area contributed by atoms with Crippen LogP contribution in [-0.2, 0) is 0 Å². The van der Waals surface area contributed by atoms with E-state index in [0.717, 1.165) is 22.1 Å². The van der Waals surface area contributed by atoms with Crippen molar-refractivity contribution in [1.29, 1.82) is 0 Å². The molecule has 0 atom stereocenters. The number of pyridine rings is 2. The first kappa shape index (κ1) is 16.1. The topological polar surface area (TPSA) is 30.2 Å². The normalized spacial score (nSPS) is 12.0. The zero-order chi connectivity index (χ0) is 19.7. The highest BCUT2D eigenvalue weighted by atomic mass is 32.1. The van der Waals surface area contributed by atoms with Crippen LogP contribution in [-0.4, -0.2) is 14.4 Å². The minimum absolute atomic E-state index is 0.964. The van der Waals surface area contributed by atoms with E-state index in [0.29, 0.717) is 0 Å². The van der Waals surface area contributed by atoms with Crippen LogP contribution in [0.4, 0.5) is 0 Å². The molecule has 30 heavy (non-hydrogen) atoms. The summed E-state index contributed by atoms with van der Waals surface area (Å²) in [5, 5.41) is 5.00. The second-order valence-electron chi connectivity index (χ2n) is 7.57. The molecule has 7 aromatic rings. The molecule has 4 aromatic heterocycles. The van der Waals surface area contributed by atoms with Gasteiger partial charge in [0, 0.05) is 43.5 Å². The Balaban J connectivity index is 1.62. The summed E-state index contributed by atoms with van der Waals surface area (Å²) in [6.07, 6.45) is 5.90. The Morgan fingerprint density at radius 2 is 1.53 bits per heavy atom. The van der Waals surface area contributed by atoms with Gasteiger partial charge in [0.05, 0.1) is 17.2 Å². The summed E-state index contributed by atoms with van der Waals surface area (Å²) in [5.74, 6) is 0. The predicted octanol–water partition coefficient (Wildman–Crippen LogP) is 7.07. The summed E-state index contributed by atoms with van der Waals surface area (Å²) in [5.41, 5.74) is 5.39. The molecule has 0 saturated heterocycles. The first-order valence-electron chi connectivity index (χ1n) is 9.92. The van der Waals surface area contributed by atoms with Crippen LogP contribution >= 0.6 is 11.3 Å². The van der Waals surface area contributed by atoms with Crippen LogP contribution in [0, 0.1) is 0 Å². The zero-order valence-electron chi connectivity index (χ0n) is 15.9. The molecule has 0 aliphatic rings. The highest BCUT2D eigenvalue weighted by Gasteiger charge is 2.14. The Bertz CT molecular complexity index is 1760. The monoisotopic (exact) mass is 401 g/mol. The van der Waals surface area contributed by atoms with Crippen LogP contribution in [0.2, 0.25) is 0 Å². The third kappa shape index (κ3) is 2.14. The van der Waals surface area contributed by atoms with Crippen LogP contribution in [0.5, 0.6) is 0 Å². The molecule has 7 rings (SSSR count). The van der Waals surface area contributed by atoms with E-state index in [1.165, 1.54) is 36.7 Å². The summed E-state index contributed by atoms with van der Waals surface area (Å²) in [6, 6.07) is 26.0. The number of fused-ring (bicyclic) bond motifs is 8. The maximum atomic E-state index is 4.89. The lowest BCUT2D eigenvalue weighted by atomic mass is 9.99. The van der Waals surface area contributed by atoms with Gasteiger partial charge in [0.15, 0.2) is 0 Å². The molecular weight excluding hydrogens is 386 g/mol. The lowest BCUT2D eigenvalue weighted by Gasteiger charge is -2.10. The SMILES string of the molecule is c1ccc2c(c1)sc1ccc(-c3cn4c5cnccc5nc4c4ccccc34)cc12. The summed E-state index contributed by atoms with van der Waals surface area (Å²) in [6.45, 7) is 0. The number of imidazole rings is 1. The van der Waals surface area contributed by atoms with E-state index in [9.17, 15) is 0 Å². The number of thiophene rings is 1. The van der Waals surface area contributed by atoms with Gasteiger partial charge in [-0.3, -0.25) is 9.38 Å². The molecule has 0 saturated carbocycles. The summed E-state index contributed by atoms with van der Waals surface area (Å²) >= 11 is 1.85. The van der Waals surface area contributed by atoms with Gasteiger partial charge in [-0.05, 0) is 35.2 Å². The fourth-order valence-electron chi connectivity index (χ4n) is 4.50. The van der Waals surface area contributed by atoms with E-state index in [1.54, 1.807) is 6.20 Å². The van der Waals surface area contributed by atoms with Gasteiger partial charge in [-0.1, -0.05) is 48.5 Å². The standard InChI is InChI=1S/C26H15N3S/c1-2-7-19-17(5-1)21(15-29-23-14-27-12-11-22(23)28-26(19)29)16-9-10-25-20(13-16)18-6-3-4-8-24(18)30-25/h1-15H. The van der Waals surface area contributed by atoms with Gasteiger partial charge < -0.3 is 0 Å². The Kier molecular flexibility index (Phi) is 3.15. The number of hydrogen-bond donors (Lipinski definition) is 0. The van der Waals surface area contributed by atoms with Crippen LogP contribution in [0.15, 0.2) is 91.4 Å². The van der Waals surface area contributed by atoms with Gasteiger partial charge in [0.2, 0.25) is 0 Å². The zero-order valence-corrected chi connectivity index (χ0v) is 16.7.